The molecular weight excluding hydrogens is 202 g/mol. The molecule has 0 radical (unpaired) electrons. The summed E-state index contributed by atoms with van der Waals surface area (Å²) in [6.07, 6.45) is 4.11. The lowest BCUT2D eigenvalue weighted by Crippen LogP contribution is -2.26. The molecule has 0 bridgehead atoms. The fourth-order valence-corrected chi connectivity index (χ4v) is 1.66. The zero-order chi connectivity index (χ0) is 11.7. The van der Waals surface area contributed by atoms with E-state index in [1.54, 1.807) is 6.07 Å². The van der Waals surface area contributed by atoms with Crippen molar-refractivity contribution in [1.82, 2.24) is 9.88 Å². The molecule has 0 aliphatic heterocycles. The Morgan fingerprint density at radius 3 is 2.94 bits per heavy atom. The summed E-state index contributed by atoms with van der Waals surface area (Å²) in [5.41, 5.74) is 7.96. The van der Waals surface area contributed by atoms with Crippen molar-refractivity contribution in [3.05, 3.63) is 30.1 Å². The number of anilines is 1. The number of carbonyl (C=O) groups is 1. The number of hydrogen-bond acceptors (Lipinski definition) is 2. The summed E-state index contributed by atoms with van der Waals surface area (Å²) in [6, 6.07) is 2.19. The second-order valence-corrected chi connectivity index (χ2v) is 4.44. The Labute approximate surface area is 95.1 Å². The Morgan fingerprint density at radius 1 is 1.69 bits per heavy atom. The third kappa shape index (κ3) is 2.27. The van der Waals surface area contributed by atoms with Crippen molar-refractivity contribution in [2.24, 2.45) is 0 Å². The Bertz CT molecular complexity index is 429. The van der Waals surface area contributed by atoms with Gasteiger partial charge in [0.15, 0.2) is 0 Å². The van der Waals surface area contributed by atoms with Gasteiger partial charge in [-0.15, -0.1) is 0 Å². The zero-order valence-electron chi connectivity index (χ0n) is 9.49. The molecule has 0 aromatic carbocycles. The molecule has 1 saturated carbocycles. The first-order valence-corrected chi connectivity index (χ1v) is 5.48. The minimum atomic E-state index is -0.0772. The molecule has 1 fully saturated rings. The van der Waals surface area contributed by atoms with Gasteiger partial charge in [-0.25, -0.2) is 0 Å². The predicted octanol–water partition coefficient (Wildman–Crippen LogP) is 1.71. The number of hydrogen-bond donors (Lipinski definition) is 2. The van der Waals surface area contributed by atoms with Crippen LogP contribution in [0, 0.1) is 0 Å². The first-order chi connectivity index (χ1) is 7.58. The first kappa shape index (κ1) is 10.8. The van der Waals surface area contributed by atoms with Gasteiger partial charge in [-0.3, -0.25) is 4.79 Å². The van der Waals surface area contributed by atoms with Gasteiger partial charge in [0, 0.05) is 18.8 Å². The highest BCUT2D eigenvalue weighted by Crippen LogP contribution is 2.37. The Balaban J connectivity index is 2.12. The van der Waals surface area contributed by atoms with E-state index in [4.69, 9.17) is 5.73 Å². The van der Waals surface area contributed by atoms with Crippen LogP contribution in [0.1, 0.15) is 36.3 Å². The fourth-order valence-electron chi connectivity index (χ4n) is 1.66. The highest BCUT2D eigenvalue weighted by molar-refractivity contribution is 5.94. The Hall–Kier alpha value is -1.71. The van der Waals surface area contributed by atoms with Crippen LogP contribution >= 0.6 is 0 Å². The Morgan fingerprint density at radius 2 is 2.38 bits per heavy atom. The van der Waals surface area contributed by atoms with Crippen LogP contribution in [0.5, 0.6) is 0 Å². The zero-order valence-corrected chi connectivity index (χ0v) is 9.49. The lowest BCUT2D eigenvalue weighted by molar-refractivity contribution is 0.0947. The van der Waals surface area contributed by atoms with Crippen LogP contribution < -0.4 is 11.1 Å². The first-order valence-electron chi connectivity index (χ1n) is 5.48. The molecule has 1 aromatic rings. The van der Waals surface area contributed by atoms with E-state index in [9.17, 15) is 4.79 Å². The molecule has 16 heavy (non-hydrogen) atoms. The van der Waals surface area contributed by atoms with E-state index in [2.05, 4.69) is 11.9 Å². The number of amides is 1. The van der Waals surface area contributed by atoms with Crippen molar-refractivity contribution in [1.29, 1.82) is 0 Å². The molecule has 1 heterocycles. The highest BCUT2D eigenvalue weighted by atomic mass is 16.1. The monoisotopic (exact) mass is 219 g/mol. The number of rotatable bonds is 4. The predicted molar refractivity (Wildman–Crippen MR) is 64.3 cm³/mol. The molecule has 0 unspecified atom stereocenters. The van der Waals surface area contributed by atoms with Gasteiger partial charge in [0.25, 0.3) is 5.91 Å². The minimum absolute atomic E-state index is 0.0772. The lowest BCUT2D eigenvalue weighted by Gasteiger charge is -2.08. The number of nitrogens with two attached hydrogens (primary N) is 1. The fraction of sp³-hybridized carbons (Fsp3) is 0.417. The largest absolute Gasteiger partial charge is 0.397 e. The number of aromatic nitrogens is 1. The number of nitrogen functional groups attached to an aromatic ring is 1. The van der Waals surface area contributed by atoms with E-state index in [0.29, 0.717) is 24.0 Å². The van der Waals surface area contributed by atoms with E-state index < -0.39 is 0 Å². The van der Waals surface area contributed by atoms with Crippen molar-refractivity contribution in [3.63, 3.8) is 0 Å². The van der Waals surface area contributed by atoms with E-state index in [1.165, 1.54) is 0 Å². The average molecular weight is 219 g/mol. The van der Waals surface area contributed by atoms with Gasteiger partial charge < -0.3 is 15.6 Å². The van der Waals surface area contributed by atoms with Crippen molar-refractivity contribution in [2.75, 3.05) is 12.3 Å². The van der Waals surface area contributed by atoms with E-state index >= 15 is 0 Å². The van der Waals surface area contributed by atoms with Crippen molar-refractivity contribution in [3.8, 4) is 0 Å². The SMILES string of the molecule is C=C(C)CNC(=O)c1cc(N)cn1C1CC1. The maximum absolute atomic E-state index is 11.9. The van der Waals surface area contributed by atoms with Gasteiger partial charge in [-0.05, 0) is 25.8 Å². The van der Waals surface area contributed by atoms with Gasteiger partial charge in [0.05, 0.1) is 5.69 Å². The molecule has 4 heteroatoms. The van der Waals surface area contributed by atoms with E-state index in [0.717, 1.165) is 18.4 Å². The van der Waals surface area contributed by atoms with Crippen LogP contribution in [0.3, 0.4) is 0 Å². The molecular formula is C12H17N3O. The summed E-state index contributed by atoms with van der Waals surface area (Å²) >= 11 is 0. The molecule has 0 atom stereocenters. The highest BCUT2D eigenvalue weighted by Gasteiger charge is 2.27. The third-order valence-corrected chi connectivity index (χ3v) is 2.59. The third-order valence-electron chi connectivity index (χ3n) is 2.59. The molecule has 2 rings (SSSR count). The van der Waals surface area contributed by atoms with Gasteiger partial charge in [-0.1, -0.05) is 12.2 Å². The van der Waals surface area contributed by atoms with Gasteiger partial charge in [0.2, 0.25) is 0 Å². The summed E-state index contributed by atoms with van der Waals surface area (Å²) in [5, 5.41) is 2.82. The van der Waals surface area contributed by atoms with Crippen molar-refractivity contribution >= 4 is 11.6 Å². The summed E-state index contributed by atoms with van der Waals surface area (Å²) in [6.45, 7) is 6.14. The van der Waals surface area contributed by atoms with Crippen molar-refractivity contribution < 1.29 is 4.79 Å². The van der Waals surface area contributed by atoms with Crippen LogP contribution in [0.4, 0.5) is 5.69 Å². The molecule has 1 aromatic heterocycles. The van der Waals surface area contributed by atoms with Crippen molar-refractivity contribution in [2.45, 2.75) is 25.8 Å². The topological polar surface area (TPSA) is 60.1 Å². The normalized spacial score (nSPS) is 14.8. The molecule has 0 spiro atoms. The lowest BCUT2D eigenvalue weighted by atomic mass is 10.3. The molecule has 86 valence electrons. The molecule has 1 amide bonds. The van der Waals surface area contributed by atoms with Crippen LogP contribution in [-0.2, 0) is 0 Å². The smallest absolute Gasteiger partial charge is 0.268 e. The summed E-state index contributed by atoms with van der Waals surface area (Å²) < 4.78 is 1.98. The summed E-state index contributed by atoms with van der Waals surface area (Å²) in [5.74, 6) is -0.0772. The number of carbonyl (C=O) groups excluding carboxylic acids is 1. The van der Waals surface area contributed by atoms with Crippen LogP contribution in [0.15, 0.2) is 24.4 Å². The standard InChI is InChI=1S/C12H17N3O/c1-8(2)6-14-12(16)11-5-9(13)7-15(11)10-3-4-10/h5,7,10H,1,3-4,6,13H2,2H3,(H,14,16). The maximum atomic E-state index is 11.9. The summed E-state index contributed by atoms with van der Waals surface area (Å²) in [4.78, 5) is 11.9. The molecule has 4 nitrogen and oxygen atoms in total. The van der Waals surface area contributed by atoms with E-state index in [1.807, 2.05) is 17.7 Å². The molecule has 1 aliphatic carbocycles. The second kappa shape index (κ2) is 4.04. The number of nitrogens with zero attached hydrogens (tertiary/aromatic N) is 1. The Kier molecular flexibility index (Phi) is 2.73. The maximum Gasteiger partial charge on any atom is 0.268 e. The minimum Gasteiger partial charge on any atom is -0.397 e. The second-order valence-electron chi connectivity index (χ2n) is 4.44. The quantitative estimate of drug-likeness (QED) is 0.757. The summed E-state index contributed by atoms with van der Waals surface area (Å²) in [7, 11) is 0. The van der Waals surface area contributed by atoms with Gasteiger partial charge >= 0.3 is 0 Å². The van der Waals surface area contributed by atoms with Gasteiger partial charge in [-0.2, -0.15) is 0 Å². The number of nitrogens with one attached hydrogen (secondary N) is 1. The van der Waals surface area contributed by atoms with Crippen LogP contribution in [0.25, 0.3) is 0 Å². The van der Waals surface area contributed by atoms with E-state index in [-0.39, 0.29) is 5.91 Å². The van der Waals surface area contributed by atoms with Crippen LogP contribution in [-0.4, -0.2) is 17.0 Å². The molecule has 0 saturated heterocycles. The molecule has 3 N–H and O–H groups in total. The van der Waals surface area contributed by atoms with Crippen LogP contribution in [0.2, 0.25) is 0 Å². The molecule has 1 aliphatic rings. The van der Waals surface area contributed by atoms with Gasteiger partial charge in [0.1, 0.15) is 5.69 Å². The average Bonchev–Trinajstić information content (AvgIpc) is 2.98.